The molecule has 6 nitrogen and oxygen atoms in total. The van der Waals surface area contributed by atoms with Crippen LogP contribution in [0.4, 0.5) is 0 Å². The van der Waals surface area contributed by atoms with Crippen LogP contribution in [0, 0.1) is 0 Å². The van der Waals surface area contributed by atoms with Crippen LogP contribution in [-0.4, -0.2) is 43.2 Å². The van der Waals surface area contributed by atoms with Gasteiger partial charge in [0.2, 0.25) is 0 Å². The number of carbonyl (C=O) groups excluding carboxylic acids is 1. The summed E-state index contributed by atoms with van der Waals surface area (Å²) in [6.45, 7) is 1.40. The second-order valence-corrected chi connectivity index (χ2v) is 5.70. The molecule has 3 N–H and O–H groups in total. The molecule has 1 aromatic rings. The number of halogens is 1. The molecule has 1 aromatic heterocycles. The molecule has 0 radical (unpaired) electrons. The van der Waals surface area contributed by atoms with E-state index >= 15 is 0 Å². The van der Waals surface area contributed by atoms with Gasteiger partial charge in [0, 0.05) is 24.4 Å². The normalized spacial score (nSPS) is 13.8. The third-order valence-corrected chi connectivity index (χ3v) is 3.59. The van der Waals surface area contributed by atoms with E-state index in [-0.39, 0.29) is 27.8 Å². The van der Waals surface area contributed by atoms with Gasteiger partial charge in [-0.05, 0) is 12.5 Å². The smallest absolute Gasteiger partial charge is 0.336 e. The molecule has 0 spiro atoms. The lowest BCUT2D eigenvalue weighted by molar-refractivity contribution is -0.109. The van der Waals surface area contributed by atoms with Gasteiger partial charge in [0.15, 0.2) is 5.12 Å². The predicted octanol–water partition coefficient (Wildman–Crippen LogP) is 1.50. The Morgan fingerprint density at radius 2 is 2.10 bits per heavy atom. The minimum atomic E-state index is -1.40. The van der Waals surface area contributed by atoms with Crippen molar-refractivity contribution in [2.24, 2.45) is 0 Å². The third-order valence-electron chi connectivity index (χ3n) is 2.53. The maximum absolute atomic E-state index is 11.1. The van der Waals surface area contributed by atoms with Crippen LogP contribution in [0.3, 0.4) is 0 Å². The molecule has 0 aliphatic carbocycles. The highest BCUT2D eigenvalue weighted by atomic mass is 35.5. The fourth-order valence-corrected chi connectivity index (χ4v) is 2.35. The number of rotatable bonds is 6. The van der Waals surface area contributed by atoms with Crippen LogP contribution >= 0.6 is 23.4 Å². The van der Waals surface area contributed by atoms with Crippen molar-refractivity contribution in [3.8, 4) is 0 Å². The maximum atomic E-state index is 11.1. The molecule has 2 atom stereocenters. The number of carboxylic acid groups (broad SMARTS) is 1. The van der Waals surface area contributed by atoms with Gasteiger partial charge in [-0.15, -0.1) is 0 Å². The van der Waals surface area contributed by atoms with E-state index in [1.165, 1.54) is 6.92 Å². The predicted molar refractivity (Wildman–Crippen MR) is 74.9 cm³/mol. The van der Waals surface area contributed by atoms with Crippen molar-refractivity contribution in [1.29, 1.82) is 0 Å². The molecule has 0 amide bonds. The van der Waals surface area contributed by atoms with Crippen molar-refractivity contribution in [2.45, 2.75) is 25.6 Å². The van der Waals surface area contributed by atoms with E-state index in [1.807, 2.05) is 0 Å². The van der Waals surface area contributed by atoms with E-state index in [4.69, 9.17) is 16.7 Å². The number of carbonyl (C=O) groups is 2. The van der Waals surface area contributed by atoms with Crippen molar-refractivity contribution < 1.29 is 24.9 Å². The van der Waals surface area contributed by atoms with Gasteiger partial charge >= 0.3 is 5.97 Å². The topological polar surface area (TPSA) is 108 Å². The molecule has 1 rings (SSSR count). The van der Waals surface area contributed by atoms with E-state index < -0.39 is 18.2 Å². The van der Waals surface area contributed by atoms with Crippen LogP contribution in [0.1, 0.15) is 35.4 Å². The van der Waals surface area contributed by atoms with Gasteiger partial charge in [-0.1, -0.05) is 23.4 Å². The minimum absolute atomic E-state index is 0.0118. The number of hydrogen-bond acceptors (Lipinski definition) is 6. The molecule has 1 heterocycles. The van der Waals surface area contributed by atoms with E-state index in [1.54, 1.807) is 0 Å². The van der Waals surface area contributed by atoms with Gasteiger partial charge in [-0.2, -0.15) is 0 Å². The molecule has 110 valence electrons. The first-order valence-corrected chi connectivity index (χ1v) is 7.07. The fraction of sp³-hybridized carbons (Fsp3) is 0.417. The minimum Gasteiger partial charge on any atom is -0.478 e. The number of carboxylic acids is 1. The van der Waals surface area contributed by atoms with Gasteiger partial charge < -0.3 is 15.3 Å². The third kappa shape index (κ3) is 4.75. The molecule has 0 aromatic carbocycles. The number of aliphatic hydroxyl groups is 2. The molecule has 2 unspecified atom stereocenters. The van der Waals surface area contributed by atoms with E-state index in [0.29, 0.717) is 5.75 Å². The van der Waals surface area contributed by atoms with Crippen molar-refractivity contribution in [3.05, 3.63) is 28.5 Å². The number of hydrogen-bond donors (Lipinski definition) is 3. The Balaban J connectivity index is 2.83. The van der Waals surface area contributed by atoms with Gasteiger partial charge in [-0.3, -0.25) is 4.79 Å². The summed E-state index contributed by atoms with van der Waals surface area (Å²) in [5.41, 5.74) is -0.224. The molecule has 0 aliphatic heterocycles. The summed E-state index contributed by atoms with van der Waals surface area (Å²) in [6.07, 6.45) is -1.33. The van der Waals surface area contributed by atoms with Crippen LogP contribution < -0.4 is 0 Å². The Labute approximate surface area is 124 Å². The zero-order valence-electron chi connectivity index (χ0n) is 10.6. The summed E-state index contributed by atoms with van der Waals surface area (Å²) in [4.78, 5) is 25.5. The summed E-state index contributed by atoms with van der Waals surface area (Å²) in [5.74, 6) is -0.939. The van der Waals surface area contributed by atoms with Crippen molar-refractivity contribution in [3.63, 3.8) is 0 Å². The van der Waals surface area contributed by atoms with E-state index in [2.05, 4.69) is 4.98 Å². The highest BCUT2D eigenvalue weighted by Gasteiger charge is 2.24. The standard InChI is InChI=1S/C12H14ClNO5S/c1-6(15)20-3-2-9(16)11(17)8-5-14-10(13)4-7(8)12(18)19/h4-5,9,11,16-17H,2-3H2,1H3,(H,18,19). The summed E-state index contributed by atoms with van der Waals surface area (Å²) in [5, 5.41) is 28.8. The number of pyridine rings is 1. The van der Waals surface area contributed by atoms with E-state index in [0.717, 1.165) is 24.0 Å². The zero-order valence-corrected chi connectivity index (χ0v) is 12.2. The lowest BCUT2D eigenvalue weighted by atomic mass is 9.99. The number of aromatic carboxylic acids is 1. The van der Waals surface area contributed by atoms with Crippen LogP contribution in [0.2, 0.25) is 5.15 Å². The van der Waals surface area contributed by atoms with Crippen molar-refractivity contribution in [2.75, 3.05) is 5.75 Å². The Kier molecular flexibility index (Phi) is 6.41. The van der Waals surface area contributed by atoms with Crippen LogP contribution in [-0.2, 0) is 4.79 Å². The first-order chi connectivity index (χ1) is 9.32. The van der Waals surface area contributed by atoms with Crippen molar-refractivity contribution >= 4 is 34.4 Å². The molecule has 0 aliphatic rings. The highest BCUT2D eigenvalue weighted by Crippen LogP contribution is 2.25. The number of aliphatic hydroxyl groups excluding tert-OH is 2. The van der Waals surface area contributed by atoms with E-state index in [9.17, 15) is 19.8 Å². The van der Waals surface area contributed by atoms with Gasteiger partial charge in [-0.25, -0.2) is 9.78 Å². The second-order valence-electron chi connectivity index (χ2n) is 4.04. The van der Waals surface area contributed by atoms with Gasteiger partial charge in [0.1, 0.15) is 11.3 Å². The Hall–Kier alpha value is -1.15. The largest absolute Gasteiger partial charge is 0.478 e. The first-order valence-electron chi connectivity index (χ1n) is 5.71. The monoisotopic (exact) mass is 319 g/mol. The summed E-state index contributed by atoms with van der Waals surface area (Å²) >= 11 is 6.63. The lowest BCUT2D eigenvalue weighted by Gasteiger charge is -2.19. The summed E-state index contributed by atoms with van der Waals surface area (Å²) < 4.78 is 0. The number of thioether (sulfide) groups is 1. The first kappa shape index (κ1) is 16.9. The SMILES string of the molecule is CC(=O)SCCC(O)C(O)c1cnc(Cl)cc1C(=O)O. The zero-order chi connectivity index (χ0) is 15.3. The molecule has 20 heavy (non-hydrogen) atoms. The lowest BCUT2D eigenvalue weighted by Crippen LogP contribution is -2.21. The maximum Gasteiger partial charge on any atom is 0.336 e. The van der Waals surface area contributed by atoms with Crippen LogP contribution in [0.15, 0.2) is 12.3 Å². The molecule has 0 bridgehead atoms. The molecular weight excluding hydrogens is 306 g/mol. The Bertz CT molecular complexity index is 511. The number of nitrogens with zero attached hydrogens (tertiary/aromatic N) is 1. The quantitative estimate of drug-likeness (QED) is 0.682. The van der Waals surface area contributed by atoms with Crippen LogP contribution in [0.25, 0.3) is 0 Å². The Morgan fingerprint density at radius 3 is 2.65 bits per heavy atom. The molecular formula is C12H14ClNO5S. The fourth-order valence-electron chi connectivity index (χ4n) is 1.55. The highest BCUT2D eigenvalue weighted by molar-refractivity contribution is 8.13. The number of aromatic nitrogens is 1. The molecule has 0 saturated carbocycles. The summed E-state index contributed by atoms with van der Waals surface area (Å²) in [7, 11) is 0. The average molecular weight is 320 g/mol. The van der Waals surface area contributed by atoms with Gasteiger partial charge in [0.05, 0.1) is 11.7 Å². The Morgan fingerprint density at radius 1 is 1.45 bits per heavy atom. The van der Waals surface area contributed by atoms with Crippen LogP contribution in [0.5, 0.6) is 0 Å². The van der Waals surface area contributed by atoms with Gasteiger partial charge in [0.25, 0.3) is 0 Å². The average Bonchev–Trinajstić information content (AvgIpc) is 2.37. The molecule has 0 saturated heterocycles. The molecule has 8 heteroatoms. The summed E-state index contributed by atoms with van der Waals surface area (Å²) in [6, 6.07) is 1.11. The van der Waals surface area contributed by atoms with Crippen molar-refractivity contribution in [1.82, 2.24) is 4.98 Å². The molecule has 0 fully saturated rings. The second kappa shape index (κ2) is 7.58.